The summed E-state index contributed by atoms with van der Waals surface area (Å²) in [6, 6.07) is 0. The van der Waals surface area contributed by atoms with E-state index in [4.69, 9.17) is 0 Å². The number of likely N-dealkylation sites (N-methyl/N-ethyl adjacent to an activating group) is 1. The molecule has 1 N–H and O–H groups in total. The van der Waals surface area contributed by atoms with Crippen LogP contribution in [0.1, 0.15) is 0 Å². The molecule has 0 radical (unpaired) electrons. The van der Waals surface area contributed by atoms with E-state index in [1.165, 1.54) is 17.3 Å². The predicted molar refractivity (Wildman–Crippen MR) is 85.8 cm³/mol. The summed E-state index contributed by atoms with van der Waals surface area (Å²) in [6.45, 7) is 3.05. The number of hydrogen-bond donors (Lipinski definition) is 1. The van der Waals surface area contributed by atoms with Crippen LogP contribution in [-0.2, 0) is 4.79 Å². The molecule has 0 aliphatic carbocycles. The van der Waals surface area contributed by atoms with E-state index in [2.05, 4.69) is 25.2 Å². The van der Waals surface area contributed by atoms with Crippen molar-refractivity contribution in [3.63, 3.8) is 0 Å². The summed E-state index contributed by atoms with van der Waals surface area (Å²) in [5.74, 6) is 0.767. The maximum Gasteiger partial charge on any atom is 0.241 e. The number of halogens is 1. The van der Waals surface area contributed by atoms with E-state index < -0.39 is 5.82 Å². The van der Waals surface area contributed by atoms with Crippen LogP contribution in [0.3, 0.4) is 0 Å². The quantitative estimate of drug-likeness (QED) is 0.591. The molecular formula is C14H22FN7O. The molecule has 1 aliphatic heterocycles. The number of piperazine rings is 1. The first-order valence-electron chi connectivity index (χ1n) is 7.39. The Morgan fingerprint density at radius 1 is 1.30 bits per heavy atom. The fourth-order valence-corrected chi connectivity index (χ4v) is 2.23. The molecule has 1 saturated heterocycles. The van der Waals surface area contributed by atoms with Gasteiger partial charge < -0.3 is 20.0 Å². The van der Waals surface area contributed by atoms with E-state index in [9.17, 15) is 9.18 Å². The van der Waals surface area contributed by atoms with Crippen molar-refractivity contribution >= 4 is 17.8 Å². The van der Waals surface area contributed by atoms with Crippen LogP contribution in [0.4, 0.5) is 10.3 Å². The first kappa shape index (κ1) is 16.9. The van der Waals surface area contributed by atoms with Crippen LogP contribution in [0.5, 0.6) is 0 Å². The molecule has 1 aliphatic rings. The van der Waals surface area contributed by atoms with Crippen LogP contribution in [0.2, 0.25) is 0 Å². The Hall–Kier alpha value is -2.45. The number of carbonyl (C=O) groups excluding carboxylic acids is 1. The number of amides is 1. The van der Waals surface area contributed by atoms with E-state index in [0.29, 0.717) is 25.0 Å². The average Bonchev–Trinajstić information content (AvgIpc) is 2.56. The number of guanidine groups is 1. The standard InChI is InChI=1S/C14H22FN7O/c1-16-13(19-10-12(23)20(2)3)21-4-6-22(7-5-21)14-17-8-11(15)9-18-14/h8-9H,4-7,10H2,1-3H3,(H,16,19). The molecule has 2 rings (SSSR count). The largest absolute Gasteiger partial charge is 0.347 e. The molecule has 0 spiro atoms. The van der Waals surface area contributed by atoms with Gasteiger partial charge in [-0.25, -0.2) is 14.4 Å². The number of hydrogen-bond acceptors (Lipinski definition) is 5. The number of aromatic nitrogens is 2. The maximum atomic E-state index is 12.9. The molecule has 1 amide bonds. The number of aliphatic imine (C=N–C) groups is 1. The van der Waals surface area contributed by atoms with Crippen molar-refractivity contribution in [2.45, 2.75) is 0 Å². The zero-order valence-corrected chi connectivity index (χ0v) is 13.7. The topological polar surface area (TPSA) is 77.0 Å². The fourth-order valence-electron chi connectivity index (χ4n) is 2.23. The molecular weight excluding hydrogens is 301 g/mol. The van der Waals surface area contributed by atoms with Crippen molar-refractivity contribution in [1.29, 1.82) is 0 Å². The van der Waals surface area contributed by atoms with Gasteiger partial charge in [-0.05, 0) is 0 Å². The summed E-state index contributed by atoms with van der Waals surface area (Å²) in [4.78, 5) is 29.4. The highest BCUT2D eigenvalue weighted by Crippen LogP contribution is 2.10. The van der Waals surface area contributed by atoms with Gasteiger partial charge in [0.2, 0.25) is 11.9 Å². The number of anilines is 1. The molecule has 0 aromatic carbocycles. The molecule has 126 valence electrons. The molecule has 1 aromatic rings. The lowest BCUT2D eigenvalue weighted by molar-refractivity contribution is -0.127. The lowest BCUT2D eigenvalue weighted by atomic mass is 10.3. The van der Waals surface area contributed by atoms with Crippen LogP contribution in [0, 0.1) is 5.82 Å². The Labute approximate surface area is 135 Å². The Bertz CT molecular complexity index is 553. The minimum absolute atomic E-state index is 0.00972. The van der Waals surface area contributed by atoms with Gasteiger partial charge in [-0.3, -0.25) is 9.79 Å². The molecule has 0 bridgehead atoms. The van der Waals surface area contributed by atoms with Crippen molar-refractivity contribution < 1.29 is 9.18 Å². The summed E-state index contributed by atoms with van der Waals surface area (Å²) < 4.78 is 12.9. The lowest BCUT2D eigenvalue weighted by Gasteiger charge is -2.36. The predicted octanol–water partition coefficient (Wildman–Crippen LogP) is -0.599. The third kappa shape index (κ3) is 4.51. The molecule has 1 aromatic heterocycles. The Morgan fingerprint density at radius 2 is 1.91 bits per heavy atom. The molecule has 23 heavy (non-hydrogen) atoms. The Kier molecular flexibility index (Phi) is 5.67. The van der Waals surface area contributed by atoms with Crippen molar-refractivity contribution in [3.8, 4) is 0 Å². The van der Waals surface area contributed by atoms with E-state index >= 15 is 0 Å². The number of nitrogens with one attached hydrogen (secondary N) is 1. The minimum atomic E-state index is -0.442. The van der Waals surface area contributed by atoms with Gasteiger partial charge >= 0.3 is 0 Å². The van der Waals surface area contributed by atoms with Crippen LogP contribution < -0.4 is 10.2 Å². The first-order valence-corrected chi connectivity index (χ1v) is 7.39. The van der Waals surface area contributed by atoms with E-state index in [1.807, 2.05) is 4.90 Å². The fraction of sp³-hybridized carbons (Fsp3) is 0.571. The summed E-state index contributed by atoms with van der Waals surface area (Å²) in [7, 11) is 5.13. The molecule has 1 fully saturated rings. The van der Waals surface area contributed by atoms with Gasteiger partial charge in [-0.1, -0.05) is 0 Å². The Balaban J connectivity index is 1.87. The highest BCUT2D eigenvalue weighted by Gasteiger charge is 2.21. The van der Waals surface area contributed by atoms with Crippen LogP contribution in [0.15, 0.2) is 17.4 Å². The molecule has 2 heterocycles. The van der Waals surface area contributed by atoms with Crippen molar-refractivity contribution in [1.82, 2.24) is 25.1 Å². The van der Waals surface area contributed by atoms with Crippen LogP contribution in [-0.4, -0.2) is 85.5 Å². The maximum absolute atomic E-state index is 12.9. The smallest absolute Gasteiger partial charge is 0.241 e. The first-order chi connectivity index (χ1) is 11.0. The number of carbonyl (C=O) groups is 1. The van der Waals surface area contributed by atoms with Gasteiger partial charge in [-0.2, -0.15) is 0 Å². The third-order valence-electron chi connectivity index (χ3n) is 3.58. The van der Waals surface area contributed by atoms with E-state index in [1.54, 1.807) is 21.1 Å². The van der Waals surface area contributed by atoms with Crippen molar-refractivity contribution in [2.24, 2.45) is 4.99 Å². The van der Waals surface area contributed by atoms with Crippen LogP contribution in [0.25, 0.3) is 0 Å². The molecule has 0 atom stereocenters. The van der Waals surface area contributed by atoms with Crippen LogP contribution >= 0.6 is 0 Å². The highest BCUT2D eigenvalue weighted by atomic mass is 19.1. The van der Waals surface area contributed by atoms with Gasteiger partial charge in [0, 0.05) is 47.3 Å². The summed E-state index contributed by atoms with van der Waals surface area (Å²) >= 11 is 0. The average molecular weight is 323 g/mol. The number of nitrogens with zero attached hydrogens (tertiary/aromatic N) is 6. The van der Waals surface area contributed by atoms with Gasteiger partial charge in [-0.15, -0.1) is 0 Å². The molecule has 8 nitrogen and oxygen atoms in total. The second kappa shape index (κ2) is 7.70. The second-order valence-corrected chi connectivity index (χ2v) is 5.36. The zero-order valence-electron chi connectivity index (χ0n) is 13.7. The highest BCUT2D eigenvalue weighted by molar-refractivity contribution is 5.86. The van der Waals surface area contributed by atoms with E-state index in [0.717, 1.165) is 13.1 Å². The summed E-state index contributed by atoms with van der Waals surface area (Å²) in [5, 5.41) is 3.07. The zero-order chi connectivity index (χ0) is 16.8. The summed E-state index contributed by atoms with van der Waals surface area (Å²) in [5.41, 5.74) is 0. The van der Waals surface area contributed by atoms with E-state index in [-0.39, 0.29) is 12.5 Å². The summed E-state index contributed by atoms with van der Waals surface area (Å²) in [6.07, 6.45) is 2.34. The Morgan fingerprint density at radius 3 is 2.43 bits per heavy atom. The van der Waals surface area contributed by atoms with Crippen molar-refractivity contribution in [3.05, 3.63) is 18.2 Å². The lowest BCUT2D eigenvalue weighted by Crippen LogP contribution is -2.54. The third-order valence-corrected chi connectivity index (χ3v) is 3.58. The SMILES string of the molecule is CN=C(NCC(=O)N(C)C)N1CCN(c2ncc(F)cn2)CC1. The second-order valence-electron chi connectivity index (χ2n) is 5.36. The normalized spacial score (nSPS) is 15.6. The minimum Gasteiger partial charge on any atom is -0.347 e. The molecule has 0 saturated carbocycles. The van der Waals surface area contributed by atoms with Gasteiger partial charge in [0.25, 0.3) is 0 Å². The molecule has 9 heteroatoms. The van der Waals surface area contributed by atoms with Crippen molar-refractivity contribution in [2.75, 3.05) is 58.8 Å². The van der Waals surface area contributed by atoms with Gasteiger partial charge in [0.05, 0.1) is 18.9 Å². The monoisotopic (exact) mass is 323 g/mol. The number of rotatable bonds is 3. The van der Waals surface area contributed by atoms with Gasteiger partial charge in [0.15, 0.2) is 11.8 Å². The molecule has 0 unspecified atom stereocenters. The van der Waals surface area contributed by atoms with Gasteiger partial charge in [0.1, 0.15) is 0 Å².